The van der Waals surface area contributed by atoms with Crippen LogP contribution in [0.1, 0.15) is 17.5 Å². The molecule has 5 heteroatoms. The highest BCUT2D eigenvalue weighted by Gasteiger charge is 2.11. The highest BCUT2D eigenvalue weighted by molar-refractivity contribution is 7.92. The average molecular weight is 262 g/mol. The summed E-state index contributed by atoms with van der Waals surface area (Å²) in [5.74, 6) is 0.414. The summed E-state index contributed by atoms with van der Waals surface area (Å²) >= 11 is 5.47. The van der Waals surface area contributed by atoms with Gasteiger partial charge in [-0.1, -0.05) is 12.1 Å². The number of sulfonamides is 1. The molecule has 0 aliphatic heterocycles. The Morgan fingerprint density at radius 2 is 2.00 bits per heavy atom. The highest BCUT2D eigenvalue weighted by atomic mass is 35.5. The van der Waals surface area contributed by atoms with E-state index in [0.717, 1.165) is 11.1 Å². The monoisotopic (exact) mass is 261 g/mol. The number of hydrogen-bond acceptors (Lipinski definition) is 2. The van der Waals surface area contributed by atoms with Gasteiger partial charge in [-0.25, -0.2) is 8.42 Å². The predicted molar refractivity (Wildman–Crippen MR) is 68.7 cm³/mol. The van der Waals surface area contributed by atoms with E-state index in [2.05, 4.69) is 4.72 Å². The van der Waals surface area contributed by atoms with Gasteiger partial charge in [0.1, 0.15) is 0 Å². The maximum absolute atomic E-state index is 11.7. The summed E-state index contributed by atoms with van der Waals surface area (Å²) in [5.41, 5.74) is 2.59. The van der Waals surface area contributed by atoms with Crippen LogP contribution in [0.5, 0.6) is 0 Å². The minimum absolute atomic E-state index is 0.0594. The highest BCUT2D eigenvalue weighted by Crippen LogP contribution is 2.18. The summed E-state index contributed by atoms with van der Waals surface area (Å²) < 4.78 is 25.9. The van der Waals surface area contributed by atoms with E-state index in [1.54, 1.807) is 0 Å². The standard InChI is InChI=1S/C11H16ClNO2S/c1-9-4-5-10(2)11(8-9)13-16(14,15)7-3-6-12/h4-5,8,13H,3,6-7H2,1-2H3. The van der Waals surface area contributed by atoms with Crippen molar-refractivity contribution in [2.24, 2.45) is 0 Å². The molecule has 0 unspecified atom stereocenters. The van der Waals surface area contributed by atoms with Crippen LogP contribution in [0.25, 0.3) is 0 Å². The van der Waals surface area contributed by atoms with Crippen molar-refractivity contribution in [3.05, 3.63) is 29.3 Å². The van der Waals surface area contributed by atoms with Gasteiger partial charge in [-0.3, -0.25) is 4.72 Å². The van der Waals surface area contributed by atoms with Gasteiger partial charge >= 0.3 is 0 Å². The van der Waals surface area contributed by atoms with Gasteiger partial charge in [0.15, 0.2) is 0 Å². The molecule has 0 saturated heterocycles. The van der Waals surface area contributed by atoms with Crippen LogP contribution in [0.15, 0.2) is 18.2 Å². The number of hydrogen-bond donors (Lipinski definition) is 1. The van der Waals surface area contributed by atoms with Gasteiger partial charge < -0.3 is 0 Å². The third kappa shape index (κ3) is 4.02. The maximum atomic E-state index is 11.7. The van der Waals surface area contributed by atoms with Crippen LogP contribution in [0, 0.1) is 13.8 Å². The lowest BCUT2D eigenvalue weighted by atomic mass is 10.1. The minimum Gasteiger partial charge on any atom is -0.283 e. The Balaban J connectivity index is 2.83. The molecular weight excluding hydrogens is 246 g/mol. The Morgan fingerprint density at radius 3 is 2.62 bits per heavy atom. The second-order valence-corrected chi connectivity index (χ2v) is 6.00. The average Bonchev–Trinajstić information content (AvgIpc) is 2.20. The Bertz CT molecular complexity index is 457. The minimum atomic E-state index is -3.27. The van der Waals surface area contributed by atoms with Crippen LogP contribution in [0.4, 0.5) is 5.69 Å². The molecule has 3 nitrogen and oxygen atoms in total. The van der Waals surface area contributed by atoms with Crippen molar-refractivity contribution in [2.75, 3.05) is 16.4 Å². The molecular formula is C11H16ClNO2S. The van der Waals surface area contributed by atoms with Crippen LogP contribution >= 0.6 is 11.6 Å². The molecule has 0 radical (unpaired) electrons. The van der Waals surface area contributed by atoms with Crippen LogP contribution in [-0.2, 0) is 10.0 Å². The number of anilines is 1. The lowest BCUT2D eigenvalue weighted by Crippen LogP contribution is -2.17. The van der Waals surface area contributed by atoms with Gasteiger partial charge in [0, 0.05) is 5.88 Å². The summed E-state index contributed by atoms with van der Waals surface area (Å²) in [6, 6.07) is 5.67. The Labute approximate surface area is 102 Å². The van der Waals surface area contributed by atoms with E-state index in [-0.39, 0.29) is 5.75 Å². The number of nitrogens with one attached hydrogen (secondary N) is 1. The molecule has 1 rings (SSSR count). The largest absolute Gasteiger partial charge is 0.283 e. The third-order valence-corrected chi connectivity index (χ3v) is 3.83. The molecule has 0 fully saturated rings. The molecule has 0 aliphatic carbocycles. The molecule has 16 heavy (non-hydrogen) atoms. The lowest BCUT2D eigenvalue weighted by molar-refractivity contribution is 0.600. The molecule has 0 heterocycles. The predicted octanol–water partition coefficient (Wildman–Crippen LogP) is 2.67. The van der Waals surface area contributed by atoms with E-state index in [1.807, 2.05) is 32.0 Å². The van der Waals surface area contributed by atoms with Crippen LogP contribution in [0.3, 0.4) is 0 Å². The van der Waals surface area contributed by atoms with E-state index in [4.69, 9.17) is 11.6 Å². The third-order valence-electron chi connectivity index (χ3n) is 2.21. The van der Waals surface area contributed by atoms with Gasteiger partial charge in [0.05, 0.1) is 11.4 Å². The van der Waals surface area contributed by atoms with Crippen molar-refractivity contribution in [1.29, 1.82) is 0 Å². The molecule has 0 aliphatic rings. The summed E-state index contributed by atoms with van der Waals surface area (Å²) in [6.07, 6.45) is 0.460. The normalized spacial score (nSPS) is 11.4. The summed E-state index contributed by atoms with van der Waals surface area (Å²) in [4.78, 5) is 0. The fourth-order valence-electron chi connectivity index (χ4n) is 1.31. The van der Waals surface area contributed by atoms with E-state index in [9.17, 15) is 8.42 Å². The van der Waals surface area contributed by atoms with Gasteiger partial charge in [0.25, 0.3) is 0 Å². The second-order valence-electron chi connectivity index (χ2n) is 3.78. The van der Waals surface area contributed by atoms with E-state index in [1.165, 1.54) is 0 Å². The van der Waals surface area contributed by atoms with Crippen LogP contribution in [-0.4, -0.2) is 20.1 Å². The van der Waals surface area contributed by atoms with Gasteiger partial charge in [-0.15, -0.1) is 11.6 Å². The smallest absolute Gasteiger partial charge is 0.232 e. The summed E-state index contributed by atoms with van der Waals surface area (Å²) in [6.45, 7) is 3.80. The molecule has 1 N–H and O–H groups in total. The lowest BCUT2D eigenvalue weighted by Gasteiger charge is -2.10. The first kappa shape index (κ1) is 13.3. The molecule has 0 amide bonds. The van der Waals surface area contributed by atoms with Gasteiger partial charge in [-0.2, -0.15) is 0 Å². The first-order valence-corrected chi connectivity index (χ1v) is 7.27. The number of halogens is 1. The van der Waals surface area contributed by atoms with Crippen molar-refractivity contribution >= 4 is 27.3 Å². The number of aryl methyl sites for hydroxylation is 2. The topological polar surface area (TPSA) is 46.2 Å². The van der Waals surface area contributed by atoms with Crippen molar-refractivity contribution in [2.45, 2.75) is 20.3 Å². The van der Waals surface area contributed by atoms with Gasteiger partial charge in [0.2, 0.25) is 10.0 Å². The number of rotatable bonds is 5. The second kappa shape index (κ2) is 5.55. The fourth-order valence-corrected chi connectivity index (χ4v) is 2.78. The summed E-state index contributed by atoms with van der Waals surface area (Å²) in [5, 5.41) is 0. The molecule has 0 spiro atoms. The molecule has 0 bridgehead atoms. The van der Waals surface area contributed by atoms with Crippen molar-refractivity contribution in [3.63, 3.8) is 0 Å². The SMILES string of the molecule is Cc1ccc(C)c(NS(=O)(=O)CCCCl)c1. The zero-order valence-electron chi connectivity index (χ0n) is 9.46. The molecule has 0 aromatic heterocycles. The molecule has 90 valence electrons. The van der Waals surface area contributed by atoms with Crippen LogP contribution < -0.4 is 4.72 Å². The first-order valence-electron chi connectivity index (χ1n) is 5.08. The number of alkyl halides is 1. The number of benzene rings is 1. The fraction of sp³-hybridized carbons (Fsp3) is 0.455. The zero-order chi connectivity index (χ0) is 12.2. The molecule has 0 saturated carbocycles. The van der Waals surface area contributed by atoms with Gasteiger partial charge in [-0.05, 0) is 37.5 Å². The van der Waals surface area contributed by atoms with E-state index < -0.39 is 10.0 Å². The Hall–Kier alpha value is -0.740. The van der Waals surface area contributed by atoms with Crippen molar-refractivity contribution in [3.8, 4) is 0 Å². The zero-order valence-corrected chi connectivity index (χ0v) is 11.0. The van der Waals surface area contributed by atoms with Crippen molar-refractivity contribution < 1.29 is 8.42 Å². The Morgan fingerprint density at radius 1 is 1.31 bits per heavy atom. The molecule has 1 aromatic rings. The Kier molecular flexibility index (Phi) is 4.62. The molecule has 0 atom stereocenters. The van der Waals surface area contributed by atoms with Crippen molar-refractivity contribution in [1.82, 2.24) is 0 Å². The molecule has 1 aromatic carbocycles. The maximum Gasteiger partial charge on any atom is 0.232 e. The van der Waals surface area contributed by atoms with E-state index in [0.29, 0.717) is 18.0 Å². The summed E-state index contributed by atoms with van der Waals surface area (Å²) in [7, 11) is -3.27. The first-order chi connectivity index (χ1) is 7.44. The van der Waals surface area contributed by atoms with Crippen LogP contribution in [0.2, 0.25) is 0 Å². The van der Waals surface area contributed by atoms with E-state index >= 15 is 0 Å². The quantitative estimate of drug-likeness (QED) is 0.829.